The number of carbonyl (C=O) groups is 2. The predicted molar refractivity (Wildman–Crippen MR) is 67.6 cm³/mol. The molecule has 0 aromatic heterocycles. The van der Waals surface area contributed by atoms with Crippen LogP contribution in [0, 0.1) is 11.3 Å². The summed E-state index contributed by atoms with van der Waals surface area (Å²) in [5, 5.41) is 18.3. The summed E-state index contributed by atoms with van der Waals surface area (Å²) in [6, 6.07) is 7.54. The number of nitrogens with zero attached hydrogens (tertiary/aromatic N) is 3. The molecule has 1 heterocycles. The number of rotatable bonds is 2. The van der Waals surface area contributed by atoms with Crippen molar-refractivity contribution in [2.45, 2.75) is 6.04 Å². The molecule has 1 aliphatic rings. The molecule has 1 aliphatic heterocycles. The number of para-hydroxylation sites is 1. The van der Waals surface area contributed by atoms with E-state index in [9.17, 15) is 14.7 Å². The van der Waals surface area contributed by atoms with Gasteiger partial charge < -0.3 is 5.11 Å². The van der Waals surface area contributed by atoms with Gasteiger partial charge in [0.25, 0.3) is 0 Å². The quantitative estimate of drug-likeness (QED) is 0.825. The van der Waals surface area contributed by atoms with E-state index in [1.165, 1.54) is 4.90 Å². The summed E-state index contributed by atoms with van der Waals surface area (Å²) in [5.41, 5.74) is 0.655. The number of anilines is 1. The average Bonchev–Trinajstić information content (AvgIpc) is 2.38. The van der Waals surface area contributed by atoms with Gasteiger partial charge >= 0.3 is 5.97 Å². The van der Waals surface area contributed by atoms with Gasteiger partial charge in [-0.1, -0.05) is 12.1 Å². The zero-order chi connectivity index (χ0) is 14.0. The normalized spacial score (nSPS) is 20.1. The zero-order valence-electron chi connectivity index (χ0n) is 10.4. The van der Waals surface area contributed by atoms with Crippen LogP contribution in [0.15, 0.2) is 24.3 Å². The second kappa shape index (κ2) is 5.08. The molecule has 1 aromatic rings. The number of carboxylic acid groups (broad SMARTS) is 1. The van der Waals surface area contributed by atoms with Gasteiger partial charge in [-0.25, -0.2) is 4.79 Å². The lowest BCUT2D eigenvalue weighted by Gasteiger charge is -2.37. The topological polar surface area (TPSA) is 84.6 Å². The summed E-state index contributed by atoms with van der Waals surface area (Å²) >= 11 is 0. The van der Waals surface area contributed by atoms with Crippen LogP contribution in [0.2, 0.25) is 0 Å². The predicted octanol–water partition coefficient (Wildman–Crippen LogP) is 0.290. The first kappa shape index (κ1) is 13.1. The van der Waals surface area contributed by atoms with Crippen LogP contribution in [-0.2, 0) is 9.59 Å². The van der Waals surface area contributed by atoms with Crippen molar-refractivity contribution in [2.75, 3.05) is 25.0 Å². The first-order valence-corrected chi connectivity index (χ1v) is 5.77. The summed E-state index contributed by atoms with van der Waals surface area (Å²) in [5.74, 6) is -1.39. The number of aliphatic carboxylic acids is 1. The number of hydrogen-bond donors (Lipinski definition) is 1. The Morgan fingerprint density at radius 2 is 2.16 bits per heavy atom. The van der Waals surface area contributed by atoms with Crippen molar-refractivity contribution in [3.05, 3.63) is 29.8 Å². The molecule has 0 radical (unpaired) electrons. The van der Waals surface area contributed by atoms with E-state index in [-0.39, 0.29) is 19.0 Å². The van der Waals surface area contributed by atoms with Crippen LogP contribution in [0.3, 0.4) is 0 Å². The van der Waals surface area contributed by atoms with Crippen LogP contribution in [0.25, 0.3) is 0 Å². The van der Waals surface area contributed by atoms with Crippen molar-refractivity contribution in [3.63, 3.8) is 0 Å². The Hall–Kier alpha value is -2.39. The van der Waals surface area contributed by atoms with Crippen LogP contribution in [-0.4, -0.2) is 48.1 Å². The van der Waals surface area contributed by atoms with Crippen molar-refractivity contribution in [1.82, 2.24) is 4.90 Å². The summed E-state index contributed by atoms with van der Waals surface area (Å²) < 4.78 is 0. The summed E-state index contributed by atoms with van der Waals surface area (Å²) in [6.45, 7) is 0.379. The third kappa shape index (κ3) is 2.41. The third-order valence-corrected chi connectivity index (χ3v) is 3.04. The van der Waals surface area contributed by atoms with E-state index in [4.69, 9.17) is 5.26 Å². The van der Waals surface area contributed by atoms with Gasteiger partial charge in [0, 0.05) is 6.54 Å². The standard InChI is InChI=1S/C13H13N3O3/c1-15-7-11(13(18)19)16(12(17)8-15)10-5-3-2-4-9(10)6-14/h2-5,11H,7-8H2,1H3,(H,18,19). The second-order valence-electron chi connectivity index (χ2n) is 4.44. The molecule has 0 spiro atoms. The molecule has 1 unspecified atom stereocenters. The molecular formula is C13H13N3O3. The van der Waals surface area contributed by atoms with Gasteiger partial charge in [0.2, 0.25) is 5.91 Å². The molecule has 1 fully saturated rings. The molecule has 6 nitrogen and oxygen atoms in total. The lowest BCUT2D eigenvalue weighted by molar-refractivity contribution is -0.142. The van der Waals surface area contributed by atoms with Crippen molar-refractivity contribution in [1.29, 1.82) is 5.26 Å². The van der Waals surface area contributed by atoms with E-state index in [0.29, 0.717) is 11.3 Å². The maximum atomic E-state index is 12.1. The first-order chi connectivity index (χ1) is 9.04. The van der Waals surface area contributed by atoms with Gasteiger partial charge in [0.15, 0.2) is 0 Å². The molecule has 0 saturated carbocycles. The van der Waals surface area contributed by atoms with Crippen molar-refractivity contribution < 1.29 is 14.7 Å². The summed E-state index contributed by atoms with van der Waals surface area (Å²) in [7, 11) is 1.70. The summed E-state index contributed by atoms with van der Waals surface area (Å²) in [6.07, 6.45) is 0. The number of nitriles is 1. The highest BCUT2D eigenvalue weighted by molar-refractivity contribution is 6.02. The Balaban J connectivity index is 2.48. The molecule has 1 aromatic carbocycles. The largest absolute Gasteiger partial charge is 0.480 e. The van der Waals surface area contributed by atoms with Crippen LogP contribution < -0.4 is 4.90 Å². The maximum Gasteiger partial charge on any atom is 0.328 e. The Bertz CT molecular complexity index is 564. The van der Waals surface area contributed by atoms with E-state index in [2.05, 4.69) is 0 Å². The fraction of sp³-hybridized carbons (Fsp3) is 0.308. The Labute approximate surface area is 110 Å². The number of hydrogen-bond acceptors (Lipinski definition) is 4. The lowest BCUT2D eigenvalue weighted by atomic mass is 10.1. The molecule has 1 saturated heterocycles. The van der Waals surface area contributed by atoms with Gasteiger partial charge in [-0.3, -0.25) is 14.6 Å². The van der Waals surface area contributed by atoms with E-state index in [1.54, 1.807) is 36.2 Å². The Kier molecular flexibility index (Phi) is 3.49. The number of carboxylic acids is 1. The van der Waals surface area contributed by atoms with Gasteiger partial charge in [-0.05, 0) is 19.2 Å². The minimum atomic E-state index is -1.08. The number of amides is 1. The number of carbonyl (C=O) groups excluding carboxylic acids is 1. The Morgan fingerprint density at radius 3 is 2.79 bits per heavy atom. The number of piperazine rings is 1. The number of benzene rings is 1. The molecule has 1 amide bonds. The van der Waals surface area contributed by atoms with Crippen LogP contribution >= 0.6 is 0 Å². The molecule has 0 bridgehead atoms. The maximum absolute atomic E-state index is 12.1. The third-order valence-electron chi connectivity index (χ3n) is 3.04. The molecule has 2 rings (SSSR count). The molecule has 1 atom stereocenters. The number of likely N-dealkylation sites (N-methyl/N-ethyl adjacent to an activating group) is 1. The Morgan fingerprint density at radius 1 is 1.47 bits per heavy atom. The minimum absolute atomic E-state index is 0.142. The monoisotopic (exact) mass is 259 g/mol. The molecular weight excluding hydrogens is 246 g/mol. The van der Waals surface area contributed by atoms with Gasteiger partial charge in [0.05, 0.1) is 17.8 Å². The molecule has 19 heavy (non-hydrogen) atoms. The van der Waals surface area contributed by atoms with E-state index in [1.807, 2.05) is 6.07 Å². The van der Waals surface area contributed by atoms with Gasteiger partial charge in [-0.2, -0.15) is 5.26 Å². The SMILES string of the molecule is CN1CC(=O)N(c2ccccc2C#N)C(C(=O)O)C1. The van der Waals surface area contributed by atoms with Crippen LogP contribution in [0.5, 0.6) is 0 Å². The molecule has 98 valence electrons. The fourth-order valence-corrected chi connectivity index (χ4v) is 2.19. The van der Waals surface area contributed by atoms with Crippen LogP contribution in [0.4, 0.5) is 5.69 Å². The van der Waals surface area contributed by atoms with E-state index < -0.39 is 12.0 Å². The zero-order valence-corrected chi connectivity index (χ0v) is 10.4. The molecule has 1 N–H and O–H groups in total. The van der Waals surface area contributed by atoms with E-state index >= 15 is 0 Å². The minimum Gasteiger partial charge on any atom is -0.480 e. The second-order valence-corrected chi connectivity index (χ2v) is 4.44. The van der Waals surface area contributed by atoms with Gasteiger partial charge in [-0.15, -0.1) is 0 Å². The van der Waals surface area contributed by atoms with Crippen molar-refractivity contribution in [3.8, 4) is 6.07 Å². The van der Waals surface area contributed by atoms with Crippen LogP contribution in [0.1, 0.15) is 5.56 Å². The highest BCUT2D eigenvalue weighted by atomic mass is 16.4. The smallest absolute Gasteiger partial charge is 0.328 e. The lowest BCUT2D eigenvalue weighted by Crippen LogP contribution is -2.58. The van der Waals surface area contributed by atoms with Crippen molar-refractivity contribution >= 4 is 17.6 Å². The fourth-order valence-electron chi connectivity index (χ4n) is 2.19. The highest BCUT2D eigenvalue weighted by Crippen LogP contribution is 2.25. The van der Waals surface area contributed by atoms with Crippen molar-refractivity contribution in [2.24, 2.45) is 0 Å². The molecule has 0 aliphatic carbocycles. The average molecular weight is 259 g/mol. The summed E-state index contributed by atoms with van der Waals surface area (Å²) in [4.78, 5) is 26.3. The first-order valence-electron chi connectivity index (χ1n) is 5.77. The van der Waals surface area contributed by atoms with Gasteiger partial charge in [0.1, 0.15) is 12.1 Å². The highest BCUT2D eigenvalue weighted by Gasteiger charge is 2.37. The molecule has 6 heteroatoms. The van der Waals surface area contributed by atoms with E-state index in [0.717, 1.165) is 0 Å².